The number of carboxylic acids is 1. The van der Waals surface area contributed by atoms with Crippen LogP contribution >= 0.6 is 0 Å². The molecule has 0 radical (unpaired) electrons. The summed E-state index contributed by atoms with van der Waals surface area (Å²) in [5.74, 6) is -1.13. The van der Waals surface area contributed by atoms with Gasteiger partial charge in [-0.05, 0) is 6.92 Å². The highest BCUT2D eigenvalue weighted by Gasteiger charge is 2.25. The molecule has 0 aliphatic rings. The van der Waals surface area contributed by atoms with Crippen LogP contribution in [-0.2, 0) is 10.0 Å². The Morgan fingerprint density at radius 1 is 1.30 bits per heavy atom. The van der Waals surface area contributed by atoms with E-state index >= 15 is 0 Å². The summed E-state index contributed by atoms with van der Waals surface area (Å²) < 4.78 is 37.1. The minimum Gasteiger partial charge on any atom is -0.497 e. The lowest BCUT2D eigenvalue weighted by Gasteiger charge is -2.14. The quantitative estimate of drug-likeness (QED) is 0.720. The smallest absolute Gasteiger partial charge is 0.341 e. The van der Waals surface area contributed by atoms with Gasteiger partial charge in [0.05, 0.1) is 31.8 Å². The first-order valence-electron chi connectivity index (χ1n) is 6.32. The zero-order valence-corrected chi connectivity index (χ0v) is 13.4. The van der Waals surface area contributed by atoms with Gasteiger partial charge in [-0.25, -0.2) is 13.2 Å². The Kier molecular flexibility index (Phi) is 4.45. The number of methoxy groups -OCH3 is 2. The second-order valence-corrected chi connectivity index (χ2v) is 6.17. The van der Waals surface area contributed by atoms with Crippen LogP contribution in [0.4, 0.5) is 5.69 Å². The van der Waals surface area contributed by atoms with Gasteiger partial charge in [-0.3, -0.25) is 9.82 Å². The molecule has 10 heteroatoms. The number of aromatic amines is 1. The molecule has 0 atom stereocenters. The molecule has 0 aliphatic heterocycles. The zero-order chi connectivity index (χ0) is 17.2. The van der Waals surface area contributed by atoms with Crippen molar-refractivity contribution in [3.8, 4) is 11.5 Å². The molecule has 3 N–H and O–H groups in total. The minimum atomic E-state index is -4.02. The van der Waals surface area contributed by atoms with Gasteiger partial charge in [-0.1, -0.05) is 0 Å². The van der Waals surface area contributed by atoms with Gasteiger partial charge in [-0.15, -0.1) is 0 Å². The van der Waals surface area contributed by atoms with E-state index in [1.165, 1.54) is 33.3 Å². The number of anilines is 1. The summed E-state index contributed by atoms with van der Waals surface area (Å²) in [6.45, 7) is 1.53. The molecule has 0 fully saturated rings. The largest absolute Gasteiger partial charge is 0.497 e. The second-order valence-electron chi connectivity index (χ2n) is 4.52. The normalized spacial score (nSPS) is 11.1. The number of carbonyl (C=O) groups is 1. The number of ether oxygens (including phenoxy) is 2. The predicted molar refractivity (Wildman–Crippen MR) is 80.6 cm³/mol. The number of benzene rings is 1. The minimum absolute atomic E-state index is 0.0292. The molecule has 9 nitrogen and oxygen atoms in total. The summed E-state index contributed by atoms with van der Waals surface area (Å²) in [6.07, 6.45) is 1.13. The van der Waals surface area contributed by atoms with Crippen molar-refractivity contribution in [1.82, 2.24) is 10.2 Å². The van der Waals surface area contributed by atoms with E-state index in [0.717, 1.165) is 6.20 Å². The van der Waals surface area contributed by atoms with Crippen molar-refractivity contribution >= 4 is 21.7 Å². The number of aromatic nitrogens is 2. The van der Waals surface area contributed by atoms with Gasteiger partial charge in [0.2, 0.25) is 0 Å². The Hall–Kier alpha value is -2.75. The van der Waals surface area contributed by atoms with Crippen molar-refractivity contribution < 1.29 is 27.8 Å². The molecule has 1 heterocycles. The number of sulfonamides is 1. The van der Waals surface area contributed by atoms with Crippen LogP contribution in [0.25, 0.3) is 0 Å². The Labute approximate surface area is 132 Å². The summed E-state index contributed by atoms with van der Waals surface area (Å²) in [7, 11) is -1.38. The van der Waals surface area contributed by atoms with E-state index in [1.54, 1.807) is 0 Å². The number of hydrogen-bond acceptors (Lipinski definition) is 6. The first kappa shape index (κ1) is 16.6. The molecule has 0 aliphatic carbocycles. The summed E-state index contributed by atoms with van der Waals surface area (Å²) in [5.41, 5.74) is -0.170. The molecule has 0 bridgehead atoms. The van der Waals surface area contributed by atoms with E-state index in [2.05, 4.69) is 14.9 Å². The summed E-state index contributed by atoms with van der Waals surface area (Å²) in [6, 6.07) is 2.61. The Morgan fingerprint density at radius 3 is 2.48 bits per heavy atom. The van der Waals surface area contributed by atoms with Crippen molar-refractivity contribution in [1.29, 1.82) is 0 Å². The van der Waals surface area contributed by atoms with E-state index in [0.29, 0.717) is 5.69 Å². The number of nitrogens with zero attached hydrogens (tertiary/aromatic N) is 1. The molecular formula is C13H15N3O6S. The second kappa shape index (κ2) is 6.16. The monoisotopic (exact) mass is 341 g/mol. The number of H-pyrrole nitrogens is 1. The lowest BCUT2D eigenvalue weighted by molar-refractivity contribution is 0.0694. The molecule has 0 amide bonds. The van der Waals surface area contributed by atoms with E-state index in [1.807, 2.05) is 0 Å². The standard InChI is InChI=1S/C13H15N3O6S/c1-7-11(6-14-15-7)23(19,20)16-9-4-8(21-2)5-10(22-3)12(9)13(17)18/h4-6,16H,1-3H3,(H,14,15)(H,17,18). The number of carboxylic acid groups (broad SMARTS) is 1. The maximum Gasteiger partial charge on any atom is 0.341 e. The Morgan fingerprint density at radius 2 is 2.00 bits per heavy atom. The first-order valence-corrected chi connectivity index (χ1v) is 7.80. The van der Waals surface area contributed by atoms with E-state index < -0.39 is 16.0 Å². The molecule has 1 aromatic carbocycles. The lowest BCUT2D eigenvalue weighted by atomic mass is 10.1. The van der Waals surface area contributed by atoms with Crippen LogP contribution in [0, 0.1) is 6.92 Å². The Balaban J connectivity index is 2.58. The highest BCUT2D eigenvalue weighted by atomic mass is 32.2. The maximum atomic E-state index is 12.4. The fraction of sp³-hybridized carbons (Fsp3) is 0.231. The van der Waals surface area contributed by atoms with Crippen molar-refractivity contribution in [3.63, 3.8) is 0 Å². The molecule has 23 heavy (non-hydrogen) atoms. The number of hydrogen-bond donors (Lipinski definition) is 3. The van der Waals surface area contributed by atoms with Crippen LogP contribution in [0.2, 0.25) is 0 Å². The van der Waals surface area contributed by atoms with Crippen LogP contribution in [0.3, 0.4) is 0 Å². The van der Waals surface area contributed by atoms with Gasteiger partial charge in [0.1, 0.15) is 22.0 Å². The fourth-order valence-electron chi connectivity index (χ4n) is 1.98. The summed E-state index contributed by atoms with van der Waals surface area (Å²) >= 11 is 0. The highest BCUT2D eigenvalue weighted by molar-refractivity contribution is 7.92. The van der Waals surface area contributed by atoms with Crippen LogP contribution in [-0.4, -0.2) is 43.9 Å². The van der Waals surface area contributed by atoms with Crippen LogP contribution < -0.4 is 14.2 Å². The molecule has 0 spiro atoms. The van der Waals surface area contributed by atoms with E-state index in [4.69, 9.17) is 9.47 Å². The topological polar surface area (TPSA) is 131 Å². The molecule has 0 saturated heterocycles. The molecule has 124 valence electrons. The number of aryl methyl sites for hydroxylation is 1. The first-order chi connectivity index (χ1) is 10.8. The van der Waals surface area contributed by atoms with Gasteiger partial charge in [0, 0.05) is 12.1 Å². The van der Waals surface area contributed by atoms with E-state index in [-0.39, 0.29) is 27.6 Å². The van der Waals surface area contributed by atoms with Gasteiger partial charge >= 0.3 is 5.97 Å². The fourth-order valence-corrected chi connectivity index (χ4v) is 3.18. The van der Waals surface area contributed by atoms with Gasteiger partial charge in [0.15, 0.2) is 0 Å². The van der Waals surface area contributed by atoms with Crippen molar-refractivity contribution in [2.24, 2.45) is 0 Å². The third-order valence-corrected chi connectivity index (χ3v) is 4.54. The van der Waals surface area contributed by atoms with Crippen molar-refractivity contribution in [2.75, 3.05) is 18.9 Å². The average molecular weight is 341 g/mol. The maximum absolute atomic E-state index is 12.4. The third kappa shape index (κ3) is 3.21. The molecule has 0 saturated carbocycles. The van der Waals surface area contributed by atoms with Gasteiger partial charge < -0.3 is 14.6 Å². The van der Waals surface area contributed by atoms with Gasteiger partial charge in [-0.2, -0.15) is 5.10 Å². The van der Waals surface area contributed by atoms with Gasteiger partial charge in [0.25, 0.3) is 10.0 Å². The number of aromatic carboxylic acids is 1. The molecule has 0 unspecified atom stereocenters. The van der Waals surface area contributed by atoms with Crippen LogP contribution in [0.15, 0.2) is 23.2 Å². The van der Waals surface area contributed by atoms with Crippen LogP contribution in [0.5, 0.6) is 11.5 Å². The molecule has 2 aromatic rings. The lowest BCUT2D eigenvalue weighted by Crippen LogP contribution is -2.16. The summed E-state index contributed by atoms with van der Waals surface area (Å²) in [5, 5.41) is 15.5. The van der Waals surface area contributed by atoms with Crippen molar-refractivity contribution in [3.05, 3.63) is 29.6 Å². The number of rotatable bonds is 6. The van der Waals surface area contributed by atoms with E-state index in [9.17, 15) is 18.3 Å². The Bertz CT molecular complexity index is 843. The molecule has 1 aromatic heterocycles. The highest BCUT2D eigenvalue weighted by Crippen LogP contribution is 2.33. The van der Waals surface area contributed by atoms with Crippen molar-refractivity contribution in [2.45, 2.75) is 11.8 Å². The zero-order valence-electron chi connectivity index (χ0n) is 12.6. The third-order valence-electron chi connectivity index (χ3n) is 3.06. The number of nitrogens with one attached hydrogen (secondary N) is 2. The molecule has 2 rings (SSSR count). The molecular weight excluding hydrogens is 326 g/mol. The van der Waals surface area contributed by atoms with Crippen LogP contribution in [0.1, 0.15) is 16.1 Å². The SMILES string of the molecule is COc1cc(NS(=O)(=O)c2cn[nH]c2C)c(C(=O)O)c(OC)c1. The summed E-state index contributed by atoms with van der Waals surface area (Å²) in [4.78, 5) is 11.4. The predicted octanol–water partition coefficient (Wildman–Crippen LogP) is 1.23. The average Bonchev–Trinajstić information content (AvgIpc) is 2.92.